The molecule has 0 radical (unpaired) electrons. The number of amides is 4. The maximum absolute atomic E-state index is 14.8. The topological polar surface area (TPSA) is 111 Å². The lowest BCUT2D eigenvalue weighted by atomic mass is 9.57. The van der Waals surface area contributed by atoms with Crippen molar-refractivity contribution in [1.82, 2.24) is 19.6 Å². The second-order valence-corrected chi connectivity index (χ2v) is 16.7. The lowest BCUT2D eigenvalue weighted by molar-refractivity contribution is -0.146. The fourth-order valence-electron chi connectivity index (χ4n) is 11.1. The summed E-state index contributed by atoms with van der Waals surface area (Å²) in [6.45, 7) is 4.83. The summed E-state index contributed by atoms with van der Waals surface area (Å²) < 4.78 is 6.08. The van der Waals surface area contributed by atoms with Crippen molar-refractivity contribution in [3.05, 3.63) is 113 Å². The number of carbonyl (C=O) groups is 4. The molecule has 0 unspecified atom stereocenters. The van der Waals surface area contributed by atoms with Crippen molar-refractivity contribution < 1.29 is 29.0 Å². The number of piperidine rings is 2. The molecule has 4 saturated heterocycles. The number of hydrogen-bond acceptors (Lipinski definition) is 8. The molecule has 4 amide bonds. The Bertz CT molecular complexity index is 1970. The van der Waals surface area contributed by atoms with Crippen molar-refractivity contribution in [3.63, 3.8) is 0 Å². The summed E-state index contributed by atoms with van der Waals surface area (Å²) in [4.78, 5) is 66.4. The molecule has 5 fully saturated rings. The normalized spacial score (nSPS) is 29.0. The lowest BCUT2D eigenvalue weighted by Gasteiger charge is -2.44. The molecule has 10 heteroatoms. The average Bonchev–Trinajstić information content (AvgIpc) is 3.64. The van der Waals surface area contributed by atoms with Gasteiger partial charge in [0.15, 0.2) is 0 Å². The van der Waals surface area contributed by atoms with E-state index in [1.54, 1.807) is 9.80 Å². The highest BCUT2D eigenvalue weighted by atomic mass is 16.5. The molecule has 10 nitrogen and oxygen atoms in total. The van der Waals surface area contributed by atoms with Gasteiger partial charge in [-0.15, -0.1) is 0 Å². The Balaban J connectivity index is 0.979. The first kappa shape index (κ1) is 37.0. The second-order valence-electron chi connectivity index (χ2n) is 16.7. The van der Waals surface area contributed by atoms with E-state index in [1.807, 2.05) is 48.5 Å². The second kappa shape index (κ2) is 15.7. The fourth-order valence-corrected chi connectivity index (χ4v) is 11.1. The maximum atomic E-state index is 14.8. The SMILES string of the molecule is O=C1[C@H]2[C@H](CC=C3[C@H]2C[C@H]2C(=O)N(C4CCN(Cc5ccccc5)CC4)C(=O)[C@H]2[C@H]3c2ccccc2OCCO)C(=O)N1C1CCN(Cc2ccccc2)CC1. The predicted octanol–water partition coefficient (Wildman–Crippen LogP) is 5.02. The number of para-hydroxylation sites is 1. The van der Waals surface area contributed by atoms with Crippen molar-refractivity contribution in [2.45, 2.75) is 69.6 Å². The van der Waals surface area contributed by atoms with Crippen LogP contribution in [0.25, 0.3) is 0 Å². The molecule has 0 aromatic heterocycles. The standard InChI is InChI=1S/C46H52N4O6/c51-25-26-56-39-14-8-7-13-35(39)40-34-15-16-36-41(45(54)49(43(36)52)32-17-21-47(22-18-32)28-30-9-3-1-4-10-30)37(34)27-38-42(40)46(55)50(44(38)53)33-19-23-48(24-20-33)29-31-11-5-2-6-12-31/h1-15,32-33,36-38,40-42,51H,16-29H2/t36-,37+,38+,40+,41-,42+/m0/s1. The minimum Gasteiger partial charge on any atom is -0.491 e. The largest absolute Gasteiger partial charge is 0.491 e. The minimum atomic E-state index is -0.625. The van der Waals surface area contributed by atoms with E-state index in [0.717, 1.165) is 63.2 Å². The number of imide groups is 2. The Hall–Kier alpha value is -4.64. The molecule has 2 aliphatic carbocycles. The van der Waals surface area contributed by atoms with Crippen LogP contribution in [0.2, 0.25) is 0 Å². The van der Waals surface area contributed by atoms with Crippen molar-refractivity contribution in [2.75, 3.05) is 39.4 Å². The number of nitrogens with zero attached hydrogens (tertiary/aromatic N) is 4. The summed E-state index contributed by atoms with van der Waals surface area (Å²) >= 11 is 0. The van der Waals surface area contributed by atoms with E-state index >= 15 is 0 Å². The van der Waals surface area contributed by atoms with Gasteiger partial charge in [0.25, 0.3) is 0 Å². The number of fused-ring (bicyclic) bond motifs is 4. The van der Waals surface area contributed by atoms with E-state index in [-0.39, 0.29) is 54.8 Å². The lowest BCUT2D eigenvalue weighted by Crippen LogP contribution is -2.48. The molecule has 0 bridgehead atoms. The number of rotatable bonds is 10. The molecule has 6 aliphatic rings. The number of hydrogen-bond donors (Lipinski definition) is 1. The van der Waals surface area contributed by atoms with E-state index in [1.165, 1.54) is 11.1 Å². The summed E-state index contributed by atoms with van der Waals surface area (Å²) in [6.07, 6.45) is 5.84. The van der Waals surface area contributed by atoms with Crippen LogP contribution in [0.1, 0.15) is 61.1 Å². The third-order valence-electron chi connectivity index (χ3n) is 13.7. The molecule has 9 rings (SSSR count). The van der Waals surface area contributed by atoms with Gasteiger partial charge in [-0.05, 0) is 61.6 Å². The molecular formula is C46H52N4O6. The van der Waals surface area contributed by atoms with E-state index in [2.05, 4.69) is 52.3 Å². The van der Waals surface area contributed by atoms with Crippen LogP contribution in [0, 0.1) is 29.6 Å². The number of likely N-dealkylation sites (tertiary alicyclic amines) is 4. The number of allylic oxidation sites excluding steroid dienone is 2. The van der Waals surface area contributed by atoms with Crippen LogP contribution in [0.5, 0.6) is 5.75 Å². The first-order valence-electron chi connectivity index (χ1n) is 20.7. The number of ether oxygens (including phenoxy) is 1. The van der Waals surface area contributed by atoms with Crippen molar-refractivity contribution >= 4 is 23.6 Å². The van der Waals surface area contributed by atoms with Crippen molar-refractivity contribution in [2.24, 2.45) is 29.6 Å². The number of carbonyl (C=O) groups excluding carboxylic acids is 4. The Kier molecular flexibility index (Phi) is 10.4. The van der Waals surface area contributed by atoms with Gasteiger partial charge in [0, 0.05) is 62.8 Å². The monoisotopic (exact) mass is 756 g/mol. The number of benzene rings is 3. The van der Waals surface area contributed by atoms with Crippen LogP contribution < -0.4 is 4.74 Å². The summed E-state index contributed by atoms with van der Waals surface area (Å²) in [5, 5.41) is 9.67. The highest BCUT2D eigenvalue weighted by Gasteiger charge is 2.63. The average molecular weight is 757 g/mol. The van der Waals surface area contributed by atoms with Gasteiger partial charge in [-0.1, -0.05) is 90.5 Å². The summed E-state index contributed by atoms with van der Waals surface area (Å²) in [7, 11) is 0. The summed E-state index contributed by atoms with van der Waals surface area (Å²) in [5.74, 6) is -2.96. The summed E-state index contributed by atoms with van der Waals surface area (Å²) in [5.41, 5.74) is 4.28. The van der Waals surface area contributed by atoms with Gasteiger partial charge in [0.1, 0.15) is 12.4 Å². The van der Waals surface area contributed by atoms with E-state index < -0.39 is 29.6 Å². The zero-order chi connectivity index (χ0) is 38.3. The third kappa shape index (κ3) is 6.69. The highest BCUT2D eigenvalue weighted by molar-refractivity contribution is 6.08. The van der Waals surface area contributed by atoms with Crippen LogP contribution >= 0.6 is 0 Å². The third-order valence-corrected chi connectivity index (χ3v) is 13.7. The molecule has 6 atom stereocenters. The molecule has 4 heterocycles. The molecule has 1 N–H and O–H groups in total. The molecule has 4 aliphatic heterocycles. The molecule has 56 heavy (non-hydrogen) atoms. The maximum Gasteiger partial charge on any atom is 0.234 e. The van der Waals surface area contributed by atoms with Crippen LogP contribution in [-0.2, 0) is 32.3 Å². The molecule has 0 spiro atoms. The van der Waals surface area contributed by atoms with Gasteiger partial charge < -0.3 is 9.84 Å². The number of aliphatic hydroxyl groups is 1. The van der Waals surface area contributed by atoms with Gasteiger partial charge in [0.05, 0.1) is 30.3 Å². The molecular weight excluding hydrogens is 705 g/mol. The quantitative estimate of drug-likeness (QED) is 0.227. The number of aliphatic hydroxyl groups excluding tert-OH is 1. The van der Waals surface area contributed by atoms with Gasteiger partial charge >= 0.3 is 0 Å². The predicted molar refractivity (Wildman–Crippen MR) is 210 cm³/mol. The van der Waals surface area contributed by atoms with Crippen LogP contribution in [0.4, 0.5) is 0 Å². The smallest absolute Gasteiger partial charge is 0.234 e. The van der Waals surface area contributed by atoms with Crippen molar-refractivity contribution in [3.8, 4) is 5.75 Å². The molecule has 3 aromatic rings. The van der Waals surface area contributed by atoms with Crippen LogP contribution in [0.3, 0.4) is 0 Å². The first-order chi connectivity index (χ1) is 27.4. The van der Waals surface area contributed by atoms with Gasteiger partial charge in [0.2, 0.25) is 23.6 Å². The van der Waals surface area contributed by atoms with Gasteiger partial charge in [-0.3, -0.25) is 38.8 Å². The van der Waals surface area contributed by atoms with Gasteiger partial charge in [-0.25, -0.2) is 0 Å². The van der Waals surface area contributed by atoms with Crippen molar-refractivity contribution in [1.29, 1.82) is 0 Å². The molecule has 1 saturated carbocycles. The van der Waals surface area contributed by atoms with Crippen LogP contribution in [0.15, 0.2) is 96.6 Å². The zero-order valence-corrected chi connectivity index (χ0v) is 32.0. The Morgan fingerprint density at radius 3 is 1.68 bits per heavy atom. The van der Waals surface area contributed by atoms with E-state index in [9.17, 15) is 24.3 Å². The first-order valence-corrected chi connectivity index (χ1v) is 20.7. The minimum absolute atomic E-state index is 0.0834. The zero-order valence-electron chi connectivity index (χ0n) is 32.0. The fraction of sp³-hybridized carbons (Fsp3) is 0.478. The van der Waals surface area contributed by atoms with Gasteiger partial charge in [-0.2, -0.15) is 0 Å². The Morgan fingerprint density at radius 1 is 0.589 bits per heavy atom. The Morgan fingerprint density at radius 2 is 1.11 bits per heavy atom. The molecule has 3 aromatic carbocycles. The molecule has 292 valence electrons. The summed E-state index contributed by atoms with van der Waals surface area (Å²) in [6, 6.07) is 28.0. The van der Waals surface area contributed by atoms with E-state index in [4.69, 9.17) is 4.74 Å². The Labute approximate surface area is 329 Å². The van der Waals surface area contributed by atoms with E-state index in [0.29, 0.717) is 31.4 Å². The van der Waals surface area contributed by atoms with Crippen LogP contribution in [-0.4, -0.2) is 99.8 Å². The highest BCUT2D eigenvalue weighted by Crippen LogP contribution is 2.59.